The zero-order valence-corrected chi connectivity index (χ0v) is 83.3. The van der Waals surface area contributed by atoms with Crippen LogP contribution in [0.4, 0.5) is 0 Å². The minimum atomic E-state index is -0.142. The van der Waals surface area contributed by atoms with Crippen LogP contribution in [-0.4, -0.2) is 63.0 Å². The van der Waals surface area contributed by atoms with Crippen molar-refractivity contribution in [2.45, 2.75) is 76.0 Å². The normalized spacial score (nSPS) is 14.6. The van der Waals surface area contributed by atoms with Crippen molar-refractivity contribution >= 4 is 180 Å². The molecule has 684 valence electrons. The maximum absolute atomic E-state index is 5.06. The molecule has 6 nitrogen and oxygen atoms in total. The van der Waals surface area contributed by atoms with Crippen LogP contribution in [0.25, 0.3) is 229 Å². The Morgan fingerprint density at radius 2 is 0.448 bits per heavy atom. The van der Waals surface area contributed by atoms with Crippen LogP contribution < -0.4 is 0 Å². The van der Waals surface area contributed by atoms with Crippen molar-refractivity contribution in [3.8, 4) is 100 Å². The number of thioether (sulfide) groups is 3. The van der Waals surface area contributed by atoms with E-state index >= 15 is 0 Å². The Hall–Kier alpha value is -15.8. The van der Waals surface area contributed by atoms with E-state index in [1.54, 1.807) is 11.8 Å². The van der Waals surface area contributed by atoms with E-state index in [1.165, 1.54) is 196 Å². The monoisotopic (exact) mass is 1890 g/mol. The van der Waals surface area contributed by atoms with Crippen LogP contribution in [0.3, 0.4) is 0 Å². The van der Waals surface area contributed by atoms with Gasteiger partial charge in [0.15, 0.2) is 0 Å². The zero-order valence-electron chi connectivity index (χ0n) is 80.9. The number of fused-ring (bicyclic) bond motifs is 12. The first-order valence-corrected chi connectivity index (χ1v) is 52.0. The first-order chi connectivity index (χ1) is 69.8. The number of benzene rings is 21. The highest BCUT2D eigenvalue weighted by atomic mass is 32.2. The van der Waals surface area contributed by atoms with E-state index in [0.717, 1.165) is 77.9 Å². The van der Waals surface area contributed by atoms with Gasteiger partial charge in [0.25, 0.3) is 0 Å². The maximum Gasteiger partial charge on any atom is 0.117 e. The molecule has 27 rings (SSSR count). The van der Waals surface area contributed by atoms with Gasteiger partial charge in [-0.25, -0.2) is 0 Å². The van der Waals surface area contributed by atoms with Crippen molar-refractivity contribution in [1.82, 2.24) is 15.0 Å². The van der Waals surface area contributed by atoms with E-state index in [4.69, 9.17) is 29.9 Å². The van der Waals surface area contributed by atoms with E-state index in [1.807, 2.05) is 42.1 Å². The van der Waals surface area contributed by atoms with Gasteiger partial charge in [-0.05, 0) is 341 Å². The molecule has 6 heterocycles. The van der Waals surface area contributed by atoms with Crippen LogP contribution in [0.2, 0.25) is 0 Å². The third-order valence-electron chi connectivity index (χ3n) is 29.4. The fraction of sp³-hybridized carbons (Fsp3) is 0.104. The quantitative estimate of drug-likeness (QED) is 0.113. The van der Waals surface area contributed by atoms with Crippen LogP contribution in [0.5, 0.6) is 0 Å². The lowest BCUT2D eigenvalue weighted by molar-refractivity contribution is 0.426. The van der Waals surface area contributed by atoms with Gasteiger partial charge in [0, 0.05) is 50.5 Å². The van der Waals surface area contributed by atoms with Crippen LogP contribution in [0, 0.1) is 0 Å². The summed E-state index contributed by atoms with van der Waals surface area (Å²) in [5.74, 6) is 0.988. The summed E-state index contributed by atoms with van der Waals surface area (Å²) >= 11 is 5.43. The predicted octanol–water partition coefficient (Wildman–Crippen LogP) is 36.7. The van der Waals surface area contributed by atoms with Crippen LogP contribution in [0.15, 0.2) is 452 Å². The van der Waals surface area contributed by atoms with E-state index in [9.17, 15) is 0 Å². The molecule has 0 unspecified atom stereocenters. The summed E-state index contributed by atoms with van der Waals surface area (Å²) in [5.41, 5.74) is 24.3. The summed E-state index contributed by atoms with van der Waals surface area (Å²) in [5, 5.41) is 33.0. The Labute approximate surface area is 845 Å². The number of hydrogen-bond donors (Lipinski definition) is 0. The topological polar surface area (TPSA) is 75.8 Å². The Kier molecular flexibility index (Phi) is 22.2. The van der Waals surface area contributed by atoms with Gasteiger partial charge in [0.05, 0.1) is 34.7 Å². The molecule has 0 saturated carbocycles. The largest absolute Gasteiger partial charge is 0.275 e. The average Bonchev–Trinajstić information content (AvgIpc) is 0.752. The lowest BCUT2D eigenvalue weighted by Gasteiger charge is -2.30. The lowest BCUT2D eigenvalue weighted by atomic mass is 9.84. The summed E-state index contributed by atoms with van der Waals surface area (Å²) in [6, 6.07) is 153. The average molecular weight is 1890 g/mol. The summed E-state index contributed by atoms with van der Waals surface area (Å²) in [7, 11) is 0. The Bertz CT molecular complexity index is 9440. The second-order valence-electron chi connectivity index (χ2n) is 40.4. The molecule has 0 spiro atoms. The van der Waals surface area contributed by atoms with Crippen molar-refractivity contribution in [3.63, 3.8) is 0 Å². The van der Waals surface area contributed by atoms with E-state index in [0.29, 0.717) is 0 Å². The number of aromatic nitrogens is 3. The summed E-state index contributed by atoms with van der Waals surface area (Å²) < 4.78 is 0.143. The maximum atomic E-state index is 5.06. The molecule has 0 saturated heterocycles. The Morgan fingerprint density at radius 3 is 0.692 bits per heavy atom. The zero-order chi connectivity index (χ0) is 96.4. The fourth-order valence-electron chi connectivity index (χ4n) is 21.4. The molecule has 24 aromatic rings. The fourth-order valence-corrected chi connectivity index (χ4v) is 24.8. The second-order valence-corrected chi connectivity index (χ2v) is 44.7. The number of aliphatic imine (C=N–C) groups is 3. The molecule has 3 aliphatic heterocycles. The second kappa shape index (κ2) is 35.8. The third kappa shape index (κ3) is 16.5. The minimum absolute atomic E-state index is 0.0196. The lowest BCUT2D eigenvalue weighted by Crippen LogP contribution is -2.36. The molecule has 0 radical (unpaired) electrons. The number of nitrogens with zero attached hydrogens (tertiary/aromatic N) is 6. The molecular weight excluding hydrogens is 1790 g/mol. The van der Waals surface area contributed by atoms with Gasteiger partial charge in [-0.1, -0.05) is 369 Å². The van der Waals surface area contributed by atoms with E-state index in [2.05, 4.69) is 474 Å². The summed E-state index contributed by atoms with van der Waals surface area (Å²) in [6.45, 7) is 18.6. The molecule has 9 heteroatoms. The molecule has 3 aliphatic rings. The highest BCUT2D eigenvalue weighted by molar-refractivity contribution is 8.16. The van der Waals surface area contributed by atoms with Crippen molar-refractivity contribution in [3.05, 3.63) is 454 Å². The highest BCUT2D eigenvalue weighted by Crippen LogP contribution is 2.53. The molecule has 3 aromatic heterocycles. The standard InChI is InChI=1S/C46H36N2S.2C44H32N2S/c1-45(2)46(3,4)49-44(48-45)41-24-22-36(28-47-41)33-21-23-39-40(27-33)43(35-20-18-30-12-6-8-14-32(30)26-35)38-16-10-9-15-37(38)42(39)34-19-17-29-11-5-7-13-31(29)25-34;1-44(2)27-47-43(46-44)40-22-20-35(26-45-40)32-19-21-38-39(25-32)42(34-18-16-29-10-4-6-12-31(29)24-34)37-14-8-7-13-36(37)41(38)33-17-15-28-9-3-5-11-30(28)23-33;1-44(2)27-46-43(47-44)40-22-20-35(26-45-40)32-19-21-38-39(25-32)42(34-18-16-29-10-4-6-12-31(29)24-34)37-14-8-7-13-36(37)41(38)33-17-15-28-9-3-5-11-30(28)23-33/h5-28H,1-4H3;2*3-26H,27H2,1-2H3. The predicted molar refractivity (Wildman–Crippen MR) is 620 cm³/mol. The molecule has 0 amide bonds. The first kappa shape index (κ1) is 88.7. The van der Waals surface area contributed by atoms with Crippen molar-refractivity contribution < 1.29 is 0 Å². The Morgan fingerprint density at radius 1 is 0.203 bits per heavy atom. The molecule has 0 atom stereocenters. The molecule has 21 aromatic carbocycles. The van der Waals surface area contributed by atoms with Gasteiger partial charge < -0.3 is 0 Å². The van der Waals surface area contributed by atoms with Gasteiger partial charge in [0.1, 0.15) is 15.1 Å². The van der Waals surface area contributed by atoms with Crippen LogP contribution >= 0.6 is 35.3 Å². The SMILES string of the molecule is CC1(C)CN=C(c2ccc(-c3ccc4c(-c5ccc6ccccc6c5)c5ccccc5c(-c5ccc6ccccc6c5)c4c3)cn2)S1.CC1(C)CSC(c2ccc(-c3ccc4c(-c5ccc6ccccc6c5)c5ccccc5c(-c5ccc6ccccc6c5)c4c3)cn2)=N1.CC1(C)N=C(c2ccc(-c3ccc4c(-c5ccc6ccccc6c5)c5ccccc5c(-c5ccc6ccccc6c5)c4c3)cn2)SC1(C)C. The number of rotatable bonds is 12. The van der Waals surface area contributed by atoms with Gasteiger partial charge in [-0.3, -0.25) is 29.9 Å². The highest BCUT2D eigenvalue weighted by Gasteiger charge is 2.45. The van der Waals surface area contributed by atoms with E-state index in [-0.39, 0.29) is 20.6 Å². The van der Waals surface area contributed by atoms with E-state index < -0.39 is 0 Å². The summed E-state index contributed by atoms with van der Waals surface area (Å²) in [6.07, 6.45) is 6.02. The molecule has 0 N–H and O–H groups in total. The number of hydrogen-bond acceptors (Lipinski definition) is 9. The smallest absolute Gasteiger partial charge is 0.117 e. The molecule has 0 fully saturated rings. The molecular formula is C134H100N6S3. The van der Waals surface area contributed by atoms with Gasteiger partial charge in [-0.15, -0.1) is 11.8 Å². The van der Waals surface area contributed by atoms with Crippen LogP contribution in [0.1, 0.15) is 72.5 Å². The van der Waals surface area contributed by atoms with Crippen LogP contribution in [-0.2, 0) is 0 Å². The Balaban J connectivity index is 0.000000113. The third-order valence-corrected chi connectivity index (χ3v) is 33.5. The van der Waals surface area contributed by atoms with Crippen molar-refractivity contribution in [2.24, 2.45) is 15.0 Å². The van der Waals surface area contributed by atoms with Crippen molar-refractivity contribution in [2.75, 3.05) is 12.3 Å². The molecule has 0 aliphatic carbocycles. The first-order valence-electron chi connectivity index (χ1n) is 49.3. The number of pyridine rings is 3. The molecule has 143 heavy (non-hydrogen) atoms. The van der Waals surface area contributed by atoms with Crippen molar-refractivity contribution in [1.29, 1.82) is 0 Å². The molecule has 0 bridgehead atoms. The van der Waals surface area contributed by atoms with Gasteiger partial charge >= 0.3 is 0 Å². The van der Waals surface area contributed by atoms with Gasteiger partial charge in [0.2, 0.25) is 0 Å². The minimum Gasteiger partial charge on any atom is -0.275 e. The van der Waals surface area contributed by atoms with Gasteiger partial charge in [-0.2, -0.15) is 0 Å². The summed E-state index contributed by atoms with van der Waals surface area (Å²) in [4.78, 5) is 29.5.